The van der Waals surface area contributed by atoms with Gasteiger partial charge >= 0.3 is 0 Å². The number of aliphatic hydroxyl groups is 1. The number of rotatable bonds is 4. The summed E-state index contributed by atoms with van der Waals surface area (Å²) in [5, 5.41) is 9.16. The third-order valence-corrected chi connectivity index (χ3v) is 4.59. The zero-order chi connectivity index (χ0) is 14.8. The Labute approximate surface area is 123 Å². The van der Waals surface area contributed by atoms with Crippen LogP contribution < -0.4 is 4.72 Å². The normalized spacial score (nSPS) is 11.3. The number of hydrogen-bond donors (Lipinski definition) is 2. The van der Waals surface area contributed by atoms with Crippen molar-refractivity contribution in [1.82, 2.24) is 4.98 Å². The predicted octanol–water partition coefficient (Wildman–Crippen LogP) is 2.28. The van der Waals surface area contributed by atoms with E-state index in [1.54, 1.807) is 0 Å². The van der Waals surface area contributed by atoms with E-state index >= 15 is 0 Å². The molecule has 106 valence electrons. The first-order valence-electron chi connectivity index (χ1n) is 5.45. The Balaban J connectivity index is 2.46. The number of nitrogens with one attached hydrogen (secondary N) is 1. The molecule has 2 rings (SSSR count). The summed E-state index contributed by atoms with van der Waals surface area (Å²) in [6.07, 6.45) is 2.84. The van der Waals surface area contributed by atoms with Crippen LogP contribution in [-0.2, 0) is 16.6 Å². The average Bonchev–Trinajstić information content (AvgIpc) is 2.41. The minimum atomic E-state index is -4.01. The fourth-order valence-electron chi connectivity index (χ4n) is 1.57. The van der Waals surface area contributed by atoms with E-state index in [9.17, 15) is 12.8 Å². The first kappa shape index (κ1) is 14.9. The summed E-state index contributed by atoms with van der Waals surface area (Å²) < 4.78 is 40.5. The van der Waals surface area contributed by atoms with Crippen molar-refractivity contribution in [2.24, 2.45) is 0 Å². The van der Waals surface area contributed by atoms with E-state index in [-0.39, 0.29) is 16.1 Å². The van der Waals surface area contributed by atoms with Crippen LogP contribution in [0.25, 0.3) is 0 Å². The zero-order valence-electron chi connectivity index (χ0n) is 10.0. The van der Waals surface area contributed by atoms with E-state index in [4.69, 9.17) is 5.11 Å². The van der Waals surface area contributed by atoms with Gasteiger partial charge in [-0.15, -0.1) is 0 Å². The summed E-state index contributed by atoms with van der Waals surface area (Å²) in [5.74, 6) is -0.698. The van der Waals surface area contributed by atoms with Crippen LogP contribution in [-0.4, -0.2) is 18.5 Å². The molecule has 20 heavy (non-hydrogen) atoms. The second kappa shape index (κ2) is 5.86. The second-order valence-corrected chi connectivity index (χ2v) is 6.38. The highest BCUT2D eigenvalue weighted by atomic mass is 79.9. The molecule has 0 saturated carbocycles. The first-order valence-corrected chi connectivity index (χ1v) is 7.73. The summed E-state index contributed by atoms with van der Waals surface area (Å²) in [6.45, 7) is -0.506. The molecule has 0 atom stereocenters. The Morgan fingerprint density at radius 3 is 2.75 bits per heavy atom. The maximum Gasteiger partial charge on any atom is 0.262 e. The van der Waals surface area contributed by atoms with Gasteiger partial charge in [0.05, 0.1) is 21.7 Å². The standard InChI is InChI=1S/C12H10BrFN2O3S/c13-10-6-15-4-3-11(10)16-20(18,19)12-5-9(14)2-1-8(12)7-17/h1-6,17H,7H2,(H,15,16). The Bertz CT molecular complexity index is 737. The van der Waals surface area contributed by atoms with Gasteiger partial charge in [0.15, 0.2) is 0 Å². The summed E-state index contributed by atoms with van der Waals surface area (Å²) in [7, 11) is -4.01. The van der Waals surface area contributed by atoms with Gasteiger partial charge in [-0.2, -0.15) is 0 Å². The number of hydrogen-bond acceptors (Lipinski definition) is 4. The van der Waals surface area contributed by atoms with E-state index in [0.29, 0.717) is 4.47 Å². The van der Waals surface area contributed by atoms with Crippen LogP contribution >= 0.6 is 15.9 Å². The number of anilines is 1. The van der Waals surface area contributed by atoms with Gasteiger partial charge < -0.3 is 5.11 Å². The number of halogens is 2. The summed E-state index contributed by atoms with van der Waals surface area (Å²) >= 11 is 3.16. The molecule has 0 bridgehead atoms. The van der Waals surface area contributed by atoms with Gasteiger partial charge in [-0.05, 0) is 39.7 Å². The largest absolute Gasteiger partial charge is 0.392 e. The van der Waals surface area contributed by atoms with Gasteiger partial charge in [-0.25, -0.2) is 12.8 Å². The molecule has 0 aliphatic rings. The van der Waals surface area contributed by atoms with Crippen molar-refractivity contribution in [2.45, 2.75) is 11.5 Å². The molecule has 0 aliphatic carbocycles. The molecule has 0 aliphatic heterocycles. The molecule has 0 radical (unpaired) electrons. The average molecular weight is 361 g/mol. The fraction of sp³-hybridized carbons (Fsp3) is 0.0833. The molecule has 0 spiro atoms. The molecule has 1 heterocycles. The second-order valence-electron chi connectivity index (χ2n) is 3.87. The number of aliphatic hydroxyl groups excluding tert-OH is 1. The van der Waals surface area contributed by atoms with E-state index in [2.05, 4.69) is 25.6 Å². The number of sulfonamides is 1. The summed E-state index contributed by atoms with van der Waals surface area (Å²) in [4.78, 5) is 3.51. The van der Waals surface area contributed by atoms with E-state index in [1.807, 2.05) is 0 Å². The van der Waals surface area contributed by atoms with Crippen LogP contribution in [0.4, 0.5) is 10.1 Å². The lowest BCUT2D eigenvalue weighted by molar-refractivity contribution is 0.278. The van der Waals surface area contributed by atoms with Gasteiger partial charge in [0.2, 0.25) is 0 Å². The van der Waals surface area contributed by atoms with E-state index in [0.717, 1.165) is 12.1 Å². The molecule has 2 aromatic rings. The van der Waals surface area contributed by atoms with Gasteiger partial charge in [-0.3, -0.25) is 9.71 Å². The molecule has 1 aromatic carbocycles. The first-order chi connectivity index (χ1) is 9.44. The quantitative estimate of drug-likeness (QED) is 0.876. The van der Waals surface area contributed by atoms with Crippen molar-refractivity contribution in [3.05, 3.63) is 52.5 Å². The molecule has 2 N–H and O–H groups in total. The lowest BCUT2D eigenvalue weighted by Gasteiger charge is -2.12. The van der Waals surface area contributed by atoms with Crippen molar-refractivity contribution in [3.8, 4) is 0 Å². The molecule has 5 nitrogen and oxygen atoms in total. The topological polar surface area (TPSA) is 79.3 Å². The fourth-order valence-corrected chi connectivity index (χ4v) is 3.37. The molecule has 0 unspecified atom stereocenters. The van der Waals surface area contributed by atoms with Crippen LogP contribution in [0.2, 0.25) is 0 Å². The van der Waals surface area contributed by atoms with Crippen molar-refractivity contribution >= 4 is 31.6 Å². The number of pyridine rings is 1. The van der Waals surface area contributed by atoms with Crippen LogP contribution in [0.15, 0.2) is 46.0 Å². The molecule has 0 saturated heterocycles. The van der Waals surface area contributed by atoms with Crippen LogP contribution in [0.1, 0.15) is 5.56 Å². The Morgan fingerprint density at radius 1 is 1.35 bits per heavy atom. The monoisotopic (exact) mass is 360 g/mol. The van der Waals surface area contributed by atoms with E-state index in [1.165, 1.54) is 24.5 Å². The highest BCUT2D eigenvalue weighted by Crippen LogP contribution is 2.25. The molecular weight excluding hydrogens is 351 g/mol. The van der Waals surface area contributed by atoms with Crippen LogP contribution in [0.5, 0.6) is 0 Å². The molecule has 0 fully saturated rings. The van der Waals surface area contributed by atoms with Gasteiger partial charge in [0, 0.05) is 12.4 Å². The lowest BCUT2D eigenvalue weighted by atomic mass is 10.2. The number of aromatic nitrogens is 1. The lowest BCUT2D eigenvalue weighted by Crippen LogP contribution is -2.15. The molecule has 1 aromatic heterocycles. The Morgan fingerprint density at radius 2 is 2.10 bits per heavy atom. The van der Waals surface area contributed by atoms with Crippen molar-refractivity contribution in [1.29, 1.82) is 0 Å². The van der Waals surface area contributed by atoms with Gasteiger partial charge in [0.1, 0.15) is 5.82 Å². The SMILES string of the molecule is O=S(=O)(Nc1ccncc1Br)c1cc(F)ccc1CO. The third-order valence-electron chi connectivity index (χ3n) is 2.51. The van der Waals surface area contributed by atoms with Crippen molar-refractivity contribution in [3.63, 3.8) is 0 Å². The minimum absolute atomic E-state index is 0.115. The third kappa shape index (κ3) is 3.14. The van der Waals surface area contributed by atoms with Crippen LogP contribution in [0.3, 0.4) is 0 Å². The molecule has 8 heteroatoms. The highest BCUT2D eigenvalue weighted by molar-refractivity contribution is 9.10. The van der Waals surface area contributed by atoms with Crippen LogP contribution in [0, 0.1) is 5.82 Å². The minimum Gasteiger partial charge on any atom is -0.392 e. The van der Waals surface area contributed by atoms with Gasteiger partial charge in [0.25, 0.3) is 10.0 Å². The summed E-state index contributed by atoms with van der Waals surface area (Å²) in [5.41, 5.74) is 0.386. The van der Waals surface area contributed by atoms with E-state index < -0.39 is 22.4 Å². The number of nitrogens with zero attached hydrogens (tertiary/aromatic N) is 1. The Kier molecular flexibility index (Phi) is 4.36. The van der Waals surface area contributed by atoms with Crippen molar-refractivity contribution in [2.75, 3.05) is 4.72 Å². The zero-order valence-corrected chi connectivity index (χ0v) is 12.4. The smallest absolute Gasteiger partial charge is 0.262 e. The molecular formula is C12H10BrFN2O3S. The highest BCUT2D eigenvalue weighted by Gasteiger charge is 2.20. The predicted molar refractivity (Wildman–Crippen MR) is 75.1 cm³/mol. The number of benzene rings is 1. The maximum absolute atomic E-state index is 13.2. The van der Waals surface area contributed by atoms with Gasteiger partial charge in [-0.1, -0.05) is 6.07 Å². The van der Waals surface area contributed by atoms with Crippen molar-refractivity contribution < 1.29 is 17.9 Å². The summed E-state index contributed by atoms with van der Waals surface area (Å²) in [6, 6.07) is 4.64. The maximum atomic E-state index is 13.2. The Hall–Kier alpha value is -1.51. The molecule has 0 amide bonds.